The van der Waals surface area contributed by atoms with E-state index in [1.807, 2.05) is 68.1 Å². The van der Waals surface area contributed by atoms with Crippen molar-refractivity contribution in [2.75, 3.05) is 45.3 Å². The summed E-state index contributed by atoms with van der Waals surface area (Å²) in [5.41, 5.74) is 1.65. The first-order valence-electron chi connectivity index (χ1n) is 16.8. The maximum absolute atomic E-state index is 13.5. The Labute approximate surface area is 286 Å². The lowest BCUT2D eigenvalue weighted by Crippen LogP contribution is -2.49. The first-order chi connectivity index (χ1) is 23.6. The number of carbonyl (C=O) groups is 2. The first-order valence-corrected chi connectivity index (χ1v) is 16.8. The summed E-state index contributed by atoms with van der Waals surface area (Å²) in [4.78, 5) is 44.5. The minimum Gasteiger partial charge on any atom is -0.497 e. The van der Waals surface area contributed by atoms with Crippen molar-refractivity contribution in [3.05, 3.63) is 94.3 Å². The van der Waals surface area contributed by atoms with E-state index in [1.54, 1.807) is 35.9 Å². The van der Waals surface area contributed by atoms with Gasteiger partial charge in [-0.2, -0.15) is 0 Å². The van der Waals surface area contributed by atoms with Gasteiger partial charge >= 0.3 is 6.09 Å². The highest BCUT2D eigenvalue weighted by molar-refractivity contribution is 6.12. The summed E-state index contributed by atoms with van der Waals surface area (Å²) in [5, 5.41) is 3.56. The molecule has 0 atom stereocenters. The normalized spacial score (nSPS) is 15.1. The maximum Gasteiger partial charge on any atom is 0.410 e. The molecule has 11 heteroatoms. The van der Waals surface area contributed by atoms with Gasteiger partial charge < -0.3 is 38.6 Å². The lowest BCUT2D eigenvalue weighted by molar-refractivity contribution is 0.00562. The third-order valence-corrected chi connectivity index (χ3v) is 8.82. The van der Waals surface area contributed by atoms with Crippen LogP contribution >= 0.6 is 0 Å². The first kappa shape index (κ1) is 33.9. The quantitative estimate of drug-likeness (QED) is 0.234. The van der Waals surface area contributed by atoms with E-state index in [4.69, 9.17) is 18.9 Å². The van der Waals surface area contributed by atoms with Crippen molar-refractivity contribution in [3.63, 3.8) is 0 Å². The van der Waals surface area contributed by atoms with Gasteiger partial charge in [0.25, 0.3) is 11.5 Å². The van der Waals surface area contributed by atoms with Gasteiger partial charge in [-0.25, -0.2) is 4.79 Å². The van der Waals surface area contributed by atoms with Crippen LogP contribution in [0.2, 0.25) is 0 Å². The van der Waals surface area contributed by atoms with Gasteiger partial charge in [0.05, 0.1) is 18.2 Å². The van der Waals surface area contributed by atoms with Gasteiger partial charge in [-0.05, 0) is 75.6 Å². The van der Waals surface area contributed by atoms with Crippen LogP contribution in [-0.2, 0) is 17.8 Å². The third kappa shape index (κ3) is 8.17. The van der Waals surface area contributed by atoms with Crippen LogP contribution in [-0.4, -0.2) is 78.0 Å². The van der Waals surface area contributed by atoms with E-state index in [9.17, 15) is 14.4 Å². The molecule has 4 aromatic rings. The summed E-state index contributed by atoms with van der Waals surface area (Å²) < 4.78 is 24.5. The van der Waals surface area contributed by atoms with Crippen LogP contribution < -0.4 is 25.1 Å². The van der Waals surface area contributed by atoms with E-state index in [1.165, 1.54) is 6.07 Å². The smallest absolute Gasteiger partial charge is 0.410 e. The third-order valence-electron chi connectivity index (χ3n) is 8.82. The molecule has 49 heavy (non-hydrogen) atoms. The van der Waals surface area contributed by atoms with E-state index >= 15 is 0 Å². The molecule has 1 N–H and O–H groups in total. The molecule has 2 amide bonds. The van der Waals surface area contributed by atoms with Crippen LogP contribution in [0.15, 0.2) is 77.6 Å². The van der Waals surface area contributed by atoms with E-state index in [0.29, 0.717) is 72.3 Å². The Kier molecular flexibility index (Phi) is 10.1. The fourth-order valence-electron chi connectivity index (χ4n) is 6.37. The van der Waals surface area contributed by atoms with Crippen molar-refractivity contribution in [1.29, 1.82) is 0 Å². The van der Waals surface area contributed by atoms with Gasteiger partial charge in [0.2, 0.25) is 0 Å². The number of hydrogen-bond donors (Lipinski definition) is 1. The van der Waals surface area contributed by atoms with Gasteiger partial charge in [0.1, 0.15) is 24.6 Å². The van der Waals surface area contributed by atoms with E-state index < -0.39 is 5.60 Å². The molecule has 0 bridgehead atoms. The molecular formula is C38H44N4O7. The average molecular weight is 669 g/mol. The molecule has 0 radical (unpaired) electrons. The predicted octanol–water partition coefficient (Wildman–Crippen LogP) is 5.94. The van der Waals surface area contributed by atoms with Crippen LogP contribution in [0.5, 0.6) is 17.2 Å². The molecule has 3 aromatic carbocycles. The number of hydrogen-bond acceptors (Lipinski definition) is 8. The number of nitrogens with one attached hydrogen (secondary N) is 1. The standard InChI is InChI=1S/C38H44N4O7/c1-38(2,3)49-37(45)42(25-26-10-13-33-34(22-26)48-21-20-47-33)28-14-16-40(17-15-28)18-19-41-32-23-29(46-4)11-12-30(32)31(24-35(41)43)36(44)39-27-8-6-5-7-9-27/h5-13,22-24,28H,14-21,25H2,1-4H3,(H,39,44). The topological polar surface area (TPSA) is 112 Å². The monoisotopic (exact) mass is 668 g/mol. The van der Waals surface area contributed by atoms with E-state index in [2.05, 4.69) is 10.2 Å². The minimum atomic E-state index is -0.626. The van der Waals surface area contributed by atoms with Gasteiger partial charge in [-0.15, -0.1) is 0 Å². The number of para-hydroxylation sites is 1. The second kappa shape index (κ2) is 14.6. The number of fused-ring (bicyclic) bond motifs is 2. The Balaban J connectivity index is 1.16. The summed E-state index contributed by atoms with van der Waals surface area (Å²) in [6, 6.07) is 21.8. The molecule has 0 aliphatic carbocycles. The number of methoxy groups -OCH3 is 1. The molecule has 1 fully saturated rings. The van der Waals surface area contributed by atoms with Crippen LogP contribution in [0, 0.1) is 0 Å². The van der Waals surface area contributed by atoms with Crippen LogP contribution in [0.25, 0.3) is 10.9 Å². The molecule has 0 spiro atoms. The van der Waals surface area contributed by atoms with Crippen molar-refractivity contribution in [1.82, 2.24) is 14.4 Å². The van der Waals surface area contributed by atoms with Crippen molar-refractivity contribution >= 4 is 28.6 Å². The molecule has 3 heterocycles. The number of carbonyl (C=O) groups excluding carboxylic acids is 2. The Morgan fingerprint density at radius 1 is 0.918 bits per heavy atom. The molecule has 2 aliphatic heterocycles. The van der Waals surface area contributed by atoms with Gasteiger partial charge in [-0.1, -0.05) is 24.3 Å². The Bertz CT molecular complexity index is 1860. The molecule has 1 saturated heterocycles. The number of likely N-dealkylation sites (tertiary alicyclic amines) is 1. The molecule has 2 aliphatic rings. The predicted molar refractivity (Wildman–Crippen MR) is 188 cm³/mol. The summed E-state index contributed by atoms with van der Waals surface area (Å²) in [6.07, 6.45) is 1.17. The second-order valence-electron chi connectivity index (χ2n) is 13.4. The number of rotatable bonds is 9. The van der Waals surface area contributed by atoms with Crippen molar-refractivity contribution in [2.24, 2.45) is 0 Å². The molecule has 0 unspecified atom stereocenters. The van der Waals surface area contributed by atoms with Crippen molar-refractivity contribution in [3.8, 4) is 17.2 Å². The number of pyridine rings is 1. The van der Waals surface area contributed by atoms with Crippen LogP contribution in [0.1, 0.15) is 49.5 Å². The molecule has 0 saturated carbocycles. The average Bonchev–Trinajstić information content (AvgIpc) is 3.09. The highest BCUT2D eigenvalue weighted by Crippen LogP contribution is 2.32. The summed E-state index contributed by atoms with van der Waals surface area (Å²) >= 11 is 0. The van der Waals surface area contributed by atoms with Gasteiger partial charge in [0, 0.05) is 62.0 Å². The summed E-state index contributed by atoms with van der Waals surface area (Å²) in [5.74, 6) is 1.65. The molecular weight excluding hydrogens is 624 g/mol. The number of benzene rings is 3. The van der Waals surface area contributed by atoms with E-state index in [0.717, 1.165) is 31.5 Å². The van der Waals surface area contributed by atoms with Gasteiger partial charge in [-0.3, -0.25) is 9.59 Å². The minimum absolute atomic E-state index is 0.0190. The van der Waals surface area contributed by atoms with Gasteiger partial charge in [0.15, 0.2) is 11.5 Å². The van der Waals surface area contributed by atoms with E-state index in [-0.39, 0.29) is 23.6 Å². The number of nitrogens with zero attached hydrogens (tertiary/aromatic N) is 3. The zero-order chi connectivity index (χ0) is 34.5. The highest BCUT2D eigenvalue weighted by atomic mass is 16.6. The zero-order valence-corrected chi connectivity index (χ0v) is 28.6. The lowest BCUT2D eigenvalue weighted by Gasteiger charge is -2.39. The van der Waals surface area contributed by atoms with Crippen LogP contribution in [0.3, 0.4) is 0 Å². The molecule has 11 nitrogen and oxygen atoms in total. The summed E-state index contributed by atoms with van der Waals surface area (Å²) in [6.45, 7) is 9.58. The molecule has 6 rings (SSSR count). The Morgan fingerprint density at radius 2 is 1.65 bits per heavy atom. The maximum atomic E-state index is 13.5. The highest BCUT2D eigenvalue weighted by Gasteiger charge is 2.32. The van der Waals surface area contributed by atoms with Crippen molar-refractivity contribution < 1.29 is 28.5 Å². The summed E-state index contributed by atoms with van der Waals surface area (Å²) in [7, 11) is 1.58. The lowest BCUT2D eigenvalue weighted by atomic mass is 10.0. The number of ether oxygens (including phenoxy) is 4. The zero-order valence-electron chi connectivity index (χ0n) is 28.6. The second-order valence-corrected chi connectivity index (χ2v) is 13.4. The van der Waals surface area contributed by atoms with Crippen LogP contribution in [0.4, 0.5) is 10.5 Å². The largest absolute Gasteiger partial charge is 0.497 e. The number of piperidine rings is 1. The number of aromatic nitrogens is 1. The number of anilines is 1. The SMILES string of the molecule is COc1ccc2c(C(=O)Nc3ccccc3)cc(=O)n(CCN3CCC(N(Cc4ccc5c(c4)OCCO5)C(=O)OC(C)(C)C)CC3)c2c1. The molecule has 258 valence electrons. The van der Waals surface area contributed by atoms with Crippen molar-refractivity contribution in [2.45, 2.75) is 58.3 Å². The molecule has 1 aromatic heterocycles. The number of amides is 2. The fourth-order valence-corrected chi connectivity index (χ4v) is 6.37. The Morgan fingerprint density at radius 3 is 2.37 bits per heavy atom. The fraction of sp³-hybridized carbons (Fsp3) is 0.395. The Hall–Kier alpha value is -5.03.